The molecule has 0 amide bonds. The lowest BCUT2D eigenvalue weighted by molar-refractivity contribution is -0.377. The molecule has 0 saturated carbocycles. The Bertz CT molecular complexity index is 929. The lowest BCUT2D eigenvalue weighted by Gasteiger charge is -2.38. The summed E-state index contributed by atoms with van der Waals surface area (Å²) in [4.78, 5) is 15.9. The van der Waals surface area contributed by atoms with Gasteiger partial charge in [0, 0.05) is 18.9 Å². The second-order valence-electron chi connectivity index (χ2n) is 7.23. The van der Waals surface area contributed by atoms with Crippen molar-refractivity contribution >= 4 is 29.0 Å². The molecule has 4 rings (SSSR count). The number of carbonyl (C=O) groups excluding carboxylic acids is 1. The number of Topliss-reactive ketones (excluding diaryl/α,β-unsaturated/α-hetero) is 1. The van der Waals surface area contributed by atoms with Gasteiger partial charge in [-0.1, -0.05) is 37.0 Å². The third kappa shape index (κ3) is 5.05. The summed E-state index contributed by atoms with van der Waals surface area (Å²) in [7, 11) is 0. The molecule has 1 aromatic heterocycles. The van der Waals surface area contributed by atoms with Crippen molar-refractivity contribution < 1.29 is 33.1 Å². The number of hydrogen-bond donors (Lipinski definition) is 0. The number of benzene rings is 1. The molecule has 0 bridgehead atoms. The van der Waals surface area contributed by atoms with Gasteiger partial charge < -0.3 is 18.9 Å². The van der Waals surface area contributed by atoms with Crippen molar-refractivity contribution in [3.8, 4) is 17.2 Å². The summed E-state index contributed by atoms with van der Waals surface area (Å²) in [5.74, 6) is 0.351. The van der Waals surface area contributed by atoms with Crippen molar-refractivity contribution in [2.24, 2.45) is 5.41 Å². The van der Waals surface area contributed by atoms with E-state index < -0.39 is 6.36 Å². The predicted octanol–water partition coefficient (Wildman–Crippen LogP) is 4.74. The second kappa shape index (κ2) is 10.0. The molecule has 3 heterocycles. The maximum atomic E-state index is 13.5. The van der Waals surface area contributed by atoms with Crippen LogP contribution in [0.1, 0.15) is 36.7 Å². The normalized spacial score (nSPS) is 17.0. The maximum absolute atomic E-state index is 13.5. The zero-order chi connectivity index (χ0) is 22.6. The average Bonchev–Trinajstić information content (AvgIpc) is 2.93. The van der Waals surface area contributed by atoms with Gasteiger partial charge in [-0.05, 0) is 12.1 Å². The Kier molecular flexibility index (Phi) is 7.62. The largest absolute Gasteiger partial charge is 0.488 e. The summed E-state index contributed by atoms with van der Waals surface area (Å²) in [6, 6.07) is 3.04. The minimum absolute atomic E-state index is 0.0316. The van der Waals surface area contributed by atoms with Crippen LogP contribution in [0.2, 0.25) is 10.0 Å². The van der Waals surface area contributed by atoms with E-state index >= 15 is 0 Å². The van der Waals surface area contributed by atoms with Crippen LogP contribution in [0.3, 0.4) is 0 Å². The Balaban J connectivity index is 0.00000132. The number of carbonyl (C=O) groups is 1. The van der Waals surface area contributed by atoms with E-state index in [1.807, 2.05) is 13.8 Å². The van der Waals surface area contributed by atoms with Crippen LogP contribution in [0.25, 0.3) is 0 Å². The van der Waals surface area contributed by atoms with Crippen molar-refractivity contribution in [1.82, 2.24) is 0 Å². The van der Waals surface area contributed by atoms with Gasteiger partial charge in [-0.2, -0.15) is 0 Å². The lowest BCUT2D eigenvalue weighted by Crippen LogP contribution is -2.50. The maximum Gasteiger partial charge on any atom is 0.236 e. The molecule has 1 fully saturated rings. The third-order valence-corrected chi connectivity index (χ3v) is 5.54. The molecule has 6 nitrogen and oxygen atoms in total. The number of nitrogens with one attached hydrogen (secondary N) is 1. The molecule has 1 saturated heterocycles. The number of hydrogen-bond acceptors (Lipinski definition) is 5. The molecule has 0 aliphatic carbocycles. The van der Waals surface area contributed by atoms with Crippen LogP contribution in [0, 0.1) is 5.41 Å². The minimum atomic E-state index is -1.55. The highest BCUT2D eigenvalue weighted by Crippen LogP contribution is 2.46. The summed E-state index contributed by atoms with van der Waals surface area (Å²) < 4.78 is 35.9. The van der Waals surface area contributed by atoms with Gasteiger partial charge in [0.05, 0.1) is 24.2 Å². The van der Waals surface area contributed by atoms with E-state index in [0.717, 1.165) is 0 Å². The number of pyridine rings is 1. The molecule has 168 valence electrons. The molecular weight excluding hydrogens is 448 g/mol. The Morgan fingerprint density at radius 2 is 1.74 bits per heavy atom. The monoisotopic (exact) mass is 472 g/mol. The van der Waals surface area contributed by atoms with Crippen LogP contribution < -0.4 is 19.2 Å². The fourth-order valence-corrected chi connectivity index (χ4v) is 3.77. The molecule has 1 spiro atoms. The summed E-state index contributed by atoms with van der Waals surface area (Å²) in [6.45, 7) is 6.88. The van der Waals surface area contributed by atoms with E-state index in [2.05, 4.69) is 4.98 Å². The lowest BCUT2D eigenvalue weighted by atomic mass is 9.88. The first-order valence-corrected chi connectivity index (χ1v) is 10.8. The summed E-state index contributed by atoms with van der Waals surface area (Å²) in [5.41, 5.74) is 0.498. The number of ketones is 1. The molecule has 1 atom stereocenters. The highest BCUT2D eigenvalue weighted by atomic mass is 35.5. The van der Waals surface area contributed by atoms with Gasteiger partial charge in [-0.15, -0.1) is 0 Å². The van der Waals surface area contributed by atoms with Gasteiger partial charge in [0.15, 0.2) is 29.7 Å². The SMILES string of the molecule is CC.CC(F)Oc1ccc(C(=O)Cc2c(Cl)c[nH+]cc2Cl)c2c1OCC1(COC1)CO2. The van der Waals surface area contributed by atoms with E-state index in [4.69, 9.17) is 42.1 Å². The Morgan fingerprint density at radius 3 is 2.29 bits per heavy atom. The molecular formula is C22H25Cl2FNO5+. The van der Waals surface area contributed by atoms with E-state index in [-0.39, 0.29) is 40.4 Å². The standard InChI is InChI=1S/C20H18Cl2FNO5.C2H6/c1-11(23)29-17-3-2-12(16(25)4-13-14(21)5-24-6-15(13)22)18-19(17)28-10-20(9-27-18)7-26-8-20;1-2/h2-3,5-6,11H,4,7-10H2,1H3;1-2H3/p+1. The van der Waals surface area contributed by atoms with Crippen LogP contribution in [0.4, 0.5) is 4.39 Å². The zero-order valence-corrected chi connectivity index (χ0v) is 19.1. The van der Waals surface area contributed by atoms with E-state index in [1.54, 1.807) is 12.4 Å². The van der Waals surface area contributed by atoms with Crippen molar-refractivity contribution in [3.05, 3.63) is 45.7 Å². The summed E-state index contributed by atoms with van der Waals surface area (Å²) in [6.07, 6.45) is 1.52. The highest BCUT2D eigenvalue weighted by molar-refractivity contribution is 6.36. The predicted molar refractivity (Wildman–Crippen MR) is 114 cm³/mol. The fourth-order valence-electron chi connectivity index (χ4n) is 3.26. The first-order chi connectivity index (χ1) is 14.9. The molecule has 2 aliphatic heterocycles. The van der Waals surface area contributed by atoms with Gasteiger partial charge in [-0.3, -0.25) is 4.79 Å². The number of aromatic nitrogens is 1. The number of rotatable bonds is 5. The third-order valence-electron chi connectivity index (χ3n) is 4.86. The van der Waals surface area contributed by atoms with Crippen LogP contribution in [0.15, 0.2) is 24.5 Å². The Hall–Kier alpha value is -2.09. The van der Waals surface area contributed by atoms with E-state index in [9.17, 15) is 9.18 Å². The number of aromatic amines is 1. The van der Waals surface area contributed by atoms with Crippen molar-refractivity contribution in [2.45, 2.75) is 33.5 Å². The molecule has 2 aliphatic rings. The molecule has 2 aromatic rings. The van der Waals surface area contributed by atoms with Gasteiger partial charge in [0.2, 0.25) is 12.1 Å². The van der Waals surface area contributed by atoms with Crippen LogP contribution >= 0.6 is 23.2 Å². The van der Waals surface area contributed by atoms with Gasteiger partial charge in [0.25, 0.3) is 0 Å². The first-order valence-electron chi connectivity index (χ1n) is 10.1. The van der Waals surface area contributed by atoms with E-state index in [1.165, 1.54) is 19.1 Å². The smallest absolute Gasteiger partial charge is 0.236 e. The number of alkyl halides is 1. The topological polar surface area (TPSA) is 68.1 Å². The zero-order valence-electron chi connectivity index (χ0n) is 17.6. The van der Waals surface area contributed by atoms with Crippen molar-refractivity contribution in [2.75, 3.05) is 26.4 Å². The van der Waals surface area contributed by atoms with Crippen LogP contribution in [-0.2, 0) is 11.2 Å². The van der Waals surface area contributed by atoms with Gasteiger partial charge in [-0.25, -0.2) is 9.37 Å². The van der Waals surface area contributed by atoms with Gasteiger partial charge in [0.1, 0.15) is 23.3 Å². The number of halogens is 3. The summed E-state index contributed by atoms with van der Waals surface area (Å²) >= 11 is 12.4. The minimum Gasteiger partial charge on any atom is -0.488 e. The molecule has 9 heteroatoms. The molecule has 0 radical (unpaired) electrons. The number of H-pyrrole nitrogens is 1. The first kappa shape index (κ1) is 23.6. The molecule has 31 heavy (non-hydrogen) atoms. The highest BCUT2D eigenvalue weighted by Gasteiger charge is 2.43. The Morgan fingerprint density at radius 1 is 1.13 bits per heavy atom. The van der Waals surface area contributed by atoms with Crippen LogP contribution in [-0.4, -0.2) is 38.6 Å². The number of fused-ring (bicyclic) bond motifs is 1. The molecule has 1 unspecified atom stereocenters. The van der Waals surface area contributed by atoms with Gasteiger partial charge >= 0.3 is 0 Å². The number of ether oxygens (including phenoxy) is 4. The molecule has 1 N–H and O–H groups in total. The fraction of sp³-hybridized carbons (Fsp3) is 0.455. The van der Waals surface area contributed by atoms with Crippen molar-refractivity contribution in [3.63, 3.8) is 0 Å². The Labute approximate surface area is 190 Å². The quantitative estimate of drug-likeness (QED) is 0.587. The molecule has 1 aromatic carbocycles. The second-order valence-corrected chi connectivity index (χ2v) is 8.04. The average molecular weight is 473 g/mol. The van der Waals surface area contributed by atoms with E-state index in [0.29, 0.717) is 42.0 Å². The summed E-state index contributed by atoms with van der Waals surface area (Å²) in [5, 5.41) is 0.705. The van der Waals surface area contributed by atoms with Crippen molar-refractivity contribution in [1.29, 1.82) is 0 Å². The van der Waals surface area contributed by atoms with Crippen LogP contribution in [0.5, 0.6) is 17.2 Å².